The van der Waals surface area contributed by atoms with Gasteiger partial charge in [0.15, 0.2) is 0 Å². The number of hydrogen-bond acceptors (Lipinski definition) is 10. The zero-order chi connectivity index (χ0) is 32.4. The first-order valence-electron chi connectivity index (χ1n) is 16.0. The smallest absolute Gasteiger partial charge is 0.257 e. The Morgan fingerprint density at radius 3 is 2.66 bits per heavy atom. The van der Waals surface area contributed by atoms with Crippen LogP contribution in [0, 0.1) is 5.92 Å². The summed E-state index contributed by atoms with van der Waals surface area (Å²) in [7, 11) is 1.60. The summed E-state index contributed by atoms with van der Waals surface area (Å²) in [6, 6.07) is 13.9. The first-order valence-corrected chi connectivity index (χ1v) is 16.0. The van der Waals surface area contributed by atoms with Gasteiger partial charge in [0.05, 0.1) is 32.2 Å². The van der Waals surface area contributed by atoms with E-state index in [0.29, 0.717) is 43.7 Å². The number of ether oxygens (including phenoxy) is 3. The molecule has 2 amide bonds. The molecule has 1 fully saturated rings. The molecule has 47 heavy (non-hydrogen) atoms. The van der Waals surface area contributed by atoms with Gasteiger partial charge in [-0.05, 0) is 54.7 Å². The molecule has 1 aromatic carbocycles. The highest BCUT2D eigenvalue weighted by atomic mass is 16.5. The van der Waals surface area contributed by atoms with Crippen LogP contribution in [0.1, 0.15) is 34.5 Å². The number of benzene rings is 1. The third-order valence-electron chi connectivity index (χ3n) is 8.50. The molecule has 4 aromatic rings. The van der Waals surface area contributed by atoms with Gasteiger partial charge in [-0.1, -0.05) is 23.4 Å². The Labute approximate surface area is 273 Å². The Morgan fingerprint density at radius 1 is 0.979 bits per heavy atom. The molecule has 2 bridgehead atoms. The topological polar surface area (TPSA) is 137 Å². The van der Waals surface area contributed by atoms with Gasteiger partial charge in [0.1, 0.15) is 29.6 Å². The number of fused-ring (bicyclic) bond motifs is 12. The summed E-state index contributed by atoms with van der Waals surface area (Å²) >= 11 is 0. The van der Waals surface area contributed by atoms with Crippen molar-refractivity contribution in [2.45, 2.75) is 31.8 Å². The number of rotatable bonds is 6. The average Bonchev–Trinajstić information content (AvgIpc) is 3.58. The first kappa shape index (κ1) is 32.1. The molecule has 3 aliphatic rings. The lowest BCUT2D eigenvalue weighted by atomic mass is 9.95. The lowest BCUT2D eigenvalue weighted by Gasteiger charge is -2.36. The van der Waals surface area contributed by atoms with E-state index in [4.69, 9.17) is 14.2 Å². The number of para-hydroxylation sites is 2. The minimum Gasteiger partial charge on any atom is -0.494 e. The maximum absolute atomic E-state index is 14.1. The zero-order valence-corrected chi connectivity index (χ0v) is 26.5. The van der Waals surface area contributed by atoms with Crippen LogP contribution in [0.15, 0.2) is 73.3 Å². The summed E-state index contributed by atoms with van der Waals surface area (Å²) in [6.45, 7) is 4.73. The van der Waals surface area contributed by atoms with E-state index in [9.17, 15) is 9.59 Å². The second kappa shape index (κ2) is 15.6. The van der Waals surface area contributed by atoms with Crippen LogP contribution >= 0.6 is 0 Å². The van der Waals surface area contributed by atoms with E-state index < -0.39 is 11.9 Å². The molecule has 3 aromatic heterocycles. The third-order valence-corrected chi connectivity index (χ3v) is 8.50. The van der Waals surface area contributed by atoms with Gasteiger partial charge in [-0.3, -0.25) is 19.5 Å². The molecule has 0 aliphatic carbocycles. The Bertz CT molecular complexity index is 1630. The van der Waals surface area contributed by atoms with Crippen molar-refractivity contribution in [3.63, 3.8) is 0 Å². The van der Waals surface area contributed by atoms with Crippen molar-refractivity contribution in [1.82, 2.24) is 40.1 Å². The SMILES string of the molecule is COc1ccccc1-n1cc(C[C@H]2NC(=O)c3cccnc3OCCOCCN(Cc3cccnc3)CC3CCN(CC3)C2=O)nn1. The monoisotopic (exact) mass is 640 g/mol. The van der Waals surface area contributed by atoms with Crippen LogP contribution < -0.4 is 14.8 Å². The van der Waals surface area contributed by atoms with Gasteiger partial charge in [0, 0.05) is 57.7 Å². The van der Waals surface area contributed by atoms with Crippen molar-refractivity contribution >= 4 is 11.8 Å². The first-order chi connectivity index (χ1) is 23.1. The molecule has 246 valence electrons. The summed E-state index contributed by atoms with van der Waals surface area (Å²) in [4.78, 5) is 40.6. The highest BCUT2D eigenvalue weighted by Gasteiger charge is 2.32. The molecule has 6 heterocycles. The maximum Gasteiger partial charge on any atom is 0.257 e. The zero-order valence-electron chi connectivity index (χ0n) is 26.5. The summed E-state index contributed by atoms with van der Waals surface area (Å²) in [5, 5.41) is 11.6. The van der Waals surface area contributed by atoms with Crippen molar-refractivity contribution < 1.29 is 23.8 Å². The Morgan fingerprint density at radius 2 is 1.83 bits per heavy atom. The summed E-state index contributed by atoms with van der Waals surface area (Å²) < 4.78 is 18.9. The molecule has 3 aliphatic heterocycles. The quantitative estimate of drug-likeness (QED) is 0.313. The van der Waals surface area contributed by atoms with E-state index in [0.717, 1.165) is 43.7 Å². The highest BCUT2D eigenvalue weighted by Crippen LogP contribution is 2.23. The predicted molar refractivity (Wildman–Crippen MR) is 172 cm³/mol. The molecule has 0 unspecified atom stereocenters. The second-order valence-corrected chi connectivity index (χ2v) is 11.7. The van der Waals surface area contributed by atoms with Gasteiger partial charge in [0.25, 0.3) is 5.91 Å². The Hall–Kier alpha value is -4.88. The van der Waals surface area contributed by atoms with E-state index in [-0.39, 0.29) is 30.4 Å². The van der Waals surface area contributed by atoms with Crippen LogP contribution in [-0.4, -0.2) is 106 Å². The van der Waals surface area contributed by atoms with E-state index in [2.05, 4.69) is 36.6 Å². The van der Waals surface area contributed by atoms with Gasteiger partial charge >= 0.3 is 0 Å². The van der Waals surface area contributed by atoms with E-state index in [1.165, 1.54) is 0 Å². The van der Waals surface area contributed by atoms with E-state index in [1.807, 2.05) is 41.4 Å². The molecule has 1 atom stereocenters. The number of pyridine rings is 2. The van der Waals surface area contributed by atoms with E-state index >= 15 is 0 Å². The van der Waals surface area contributed by atoms with Gasteiger partial charge < -0.3 is 24.4 Å². The maximum atomic E-state index is 14.1. The molecule has 1 N–H and O–H groups in total. The fourth-order valence-corrected chi connectivity index (χ4v) is 6.05. The molecule has 13 nitrogen and oxygen atoms in total. The standard InChI is InChI=1S/C34H40N8O5/c1-45-31-9-3-2-8-30(31)42-24-27(38-39-42)20-29-34(44)41-14-10-25(11-15-41)22-40(23-26-6-4-12-35-21-26)16-17-46-18-19-47-33-28(32(43)37-29)7-5-13-36-33/h2-9,12-13,21,24-25,29H,10-11,14-20,22-23H2,1H3,(H,37,43)/t29-/m1/s1. The van der Waals surface area contributed by atoms with Crippen molar-refractivity contribution in [2.24, 2.45) is 5.92 Å². The van der Waals surface area contributed by atoms with Crippen molar-refractivity contribution in [3.8, 4) is 17.3 Å². The van der Waals surface area contributed by atoms with Crippen LogP contribution in [0.4, 0.5) is 0 Å². The molecule has 0 saturated carbocycles. The van der Waals surface area contributed by atoms with Crippen molar-refractivity contribution in [1.29, 1.82) is 0 Å². The fourth-order valence-electron chi connectivity index (χ4n) is 6.05. The molecule has 0 spiro atoms. The number of nitrogens with one attached hydrogen (secondary N) is 1. The molecular weight excluding hydrogens is 600 g/mol. The number of piperidine rings is 1. The Kier molecular flexibility index (Phi) is 10.7. The lowest BCUT2D eigenvalue weighted by Crippen LogP contribution is -2.52. The van der Waals surface area contributed by atoms with Crippen molar-refractivity contribution in [3.05, 3.63) is 90.1 Å². The lowest BCUT2D eigenvalue weighted by molar-refractivity contribution is -0.134. The molecule has 13 heteroatoms. The normalized spacial score (nSPS) is 20.1. The van der Waals surface area contributed by atoms with Gasteiger partial charge in [-0.2, -0.15) is 0 Å². The van der Waals surface area contributed by atoms with Gasteiger partial charge in [-0.25, -0.2) is 9.67 Å². The molecular formula is C34H40N8O5. The second-order valence-electron chi connectivity index (χ2n) is 11.7. The number of carbonyl (C=O) groups excluding carboxylic acids is 2. The number of methoxy groups -OCH3 is 1. The predicted octanol–water partition coefficient (Wildman–Crippen LogP) is 2.56. The number of nitrogens with zero attached hydrogens (tertiary/aromatic N) is 7. The van der Waals surface area contributed by atoms with Crippen LogP contribution in [0.25, 0.3) is 5.69 Å². The minimum absolute atomic E-state index is 0.156. The van der Waals surface area contributed by atoms with Crippen LogP contribution in [-0.2, 0) is 22.5 Å². The fraction of sp³-hybridized carbons (Fsp3) is 0.412. The van der Waals surface area contributed by atoms with Crippen LogP contribution in [0.3, 0.4) is 0 Å². The molecule has 7 rings (SSSR count). The summed E-state index contributed by atoms with van der Waals surface area (Å²) in [5.74, 6) is 0.635. The average molecular weight is 641 g/mol. The van der Waals surface area contributed by atoms with Crippen LogP contribution in [0.5, 0.6) is 11.6 Å². The van der Waals surface area contributed by atoms with E-state index in [1.54, 1.807) is 42.5 Å². The van der Waals surface area contributed by atoms with Gasteiger partial charge in [-0.15, -0.1) is 5.10 Å². The van der Waals surface area contributed by atoms with Crippen LogP contribution in [0.2, 0.25) is 0 Å². The van der Waals surface area contributed by atoms with Crippen molar-refractivity contribution in [2.75, 3.05) is 53.1 Å². The largest absolute Gasteiger partial charge is 0.494 e. The number of aromatic nitrogens is 5. The summed E-state index contributed by atoms with van der Waals surface area (Å²) in [5.41, 5.74) is 2.66. The number of hydrogen-bond donors (Lipinski definition) is 1. The van der Waals surface area contributed by atoms with Gasteiger partial charge in [0.2, 0.25) is 11.8 Å². The minimum atomic E-state index is -0.876. The molecule has 0 radical (unpaired) electrons. The highest BCUT2D eigenvalue weighted by molar-refractivity contribution is 5.99. The number of amides is 2. The molecule has 1 saturated heterocycles. The summed E-state index contributed by atoms with van der Waals surface area (Å²) in [6.07, 6.45) is 8.88. The third kappa shape index (κ3) is 8.29. The number of carbonyl (C=O) groups is 2. The Balaban J connectivity index is 1.23.